The largest absolute Gasteiger partial charge is 0.379 e. The van der Waals surface area contributed by atoms with E-state index in [1.54, 1.807) is 29.9 Å². The van der Waals surface area contributed by atoms with Gasteiger partial charge in [-0.15, -0.1) is 0 Å². The molecule has 9 heteroatoms. The fraction of sp³-hybridized carbons (Fsp3) is 0.381. The van der Waals surface area contributed by atoms with Crippen LogP contribution in [-0.4, -0.2) is 64.3 Å². The van der Waals surface area contributed by atoms with Crippen LogP contribution < -0.4 is 16.6 Å². The van der Waals surface area contributed by atoms with E-state index in [0.29, 0.717) is 25.4 Å². The highest BCUT2D eigenvalue weighted by atomic mass is 16.5. The fourth-order valence-corrected chi connectivity index (χ4v) is 3.72. The summed E-state index contributed by atoms with van der Waals surface area (Å²) in [5.74, 6) is -0.322. The molecular weight excluding hydrogens is 386 g/mol. The van der Waals surface area contributed by atoms with Gasteiger partial charge in [0.05, 0.1) is 30.0 Å². The number of benzene rings is 1. The third-order valence-corrected chi connectivity index (χ3v) is 5.38. The third kappa shape index (κ3) is 3.81. The maximum atomic E-state index is 13.1. The summed E-state index contributed by atoms with van der Waals surface area (Å²) in [6.07, 6.45) is 1.57. The summed E-state index contributed by atoms with van der Waals surface area (Å²) in [5, 5.41) is 2.88. The number of hydrogen-bond acceptors (Lipinski definition) is 5. The number of H-pyrrole nitrogens is 1. The van der Waals surface area contributed by atoms with Crippen LogP contribution in [0.25, 0.3) is 16.7 Å². The molecule has 1 amide bonds. The first-order chi connectivity index (χ1) is 14.5. The predicted molar refractivity (Wildman–Crippen MR) is 113 cm³/mol. The molecule has 0 atom stereocenters. The number of aromatic amines is 1. The zero-order chi connectivity index (χ0) is 21.3. The average molecular weight is 411 g/mol. The summed E-state index contributed by atoms with van der Waals surface area (Å²) in [6, 6.07) is 7.12. The molecule has 2 aromatic heterocycles. The monoisotopic (exact) mass is 411 g/mol. The number of amides is 1. The summed E-state index contributed by atoms with van der Waals surface area (Å²) < 4.78 is 7.98. The number of aryl methyl sites for hydroxylation is 2. The van der Waals surface area contributed by atoms with Gasteiger partial charge in [0.1, 0.15) is 5.52 Å². The minimum Gasteiger partial charge on any atom is -0.379 e. The average Bonchev–Trinajstić information content (AvgIpc) is 3.06. The summed E-state index contributed by atoms with van der Waals surface area (Å²) in [6.45, 7) is 6.21. The quantitative estimate of drug-likeness (QED) is 0.633. The van der Waals surface area contributed by atoms with Crippen molar-refractivity contribution in [3.05, 3.63) is 62.4 Å². The second-order valence-electron chi connectivity index (χ2n) is 7.49. The molecule has 0 spiro atoms. The van der Waals surface area contributed by atoms with Crippen molar-refractivity contribution in [3.8, 4) is 5.69 Å². The normalized spacial score (nSPS) is 14.9. The number of morpholine rings is 1. The first-order valence-corrected chi connectivity index (χ1v) is 9.95. The maximum Gasteiger partial charge on any atom is 0.333 e. The highest BCUT2D eigenvalue weighted by molar-refractivity contribution is 6.05. The molecule has 0 aliphatic carbocycles. The van der Waals surface area contributed by atoms with Gasteiger partial charge in [0.15, 0.2) is 0 Å². The molecule has 30 heavy (non-hydrogen) atoms. The molecule has 0 bridgehead atoms. The van der Waals surface area contributed by atoms with Gasteiger partial charge < -0.3 is 19.6 Å². The number of rotatable bonds is 5. The smallest absolute Gasteiger partial charge is 0.333 e. The molecule has 1 aromatic carbocycles. The number of nitrogens with one attached hydrogen (secondary N) is 2. The summed E-state index contributed by atoms with van der Waals surface area (Å²) in [5.41, 5.74) is 1.26. The van der Waals surface area contributed by atoms with Crippen molar-refractivity contribution in [2.75, 3.05) is 39.4 Å². The SMILES string of the molecule is Cc1ccc(-n2c(=O)[nH]c3c(C(=O)NCCN4CCOCC4)cn(C)c3c2=O)cc1. The van der Waals surface area contributed by atoms with Crippen molar-refractivity contribution in [1.29, 1.82) is 0 Å². The van der Waals surface area contributed by atoms with E-state index in [0.717, 1.165) is 29.8 Å². The van der Waals surface area contributed by atoms with E-state index in [2.05, 4.69) is 15.2 Å². The van der Waals surface area contributed by atoms with Crippen LogP contribution in [-0.2, 0) is 11.8 Å². The van der Waals surface area contributed by atoms with Gasteiger partial charge in [-0.2, -0.15) is 0 Å². The highest BCUT2D eigenvalue weighted by Crippen LogP contribution is 2.15. The maximum absolute atomic E-state index is 13.1. The summed E-state index contributed by atoms with van der Waals surface area (Å²) >= 11 is 0. The van der Waals surface area contributed by atoms with Crippen molar-refractivity contribution in [3.63, 3.8) is 0 Å². The minimum absolute atomic E-state index is 0.250. The molecule has 9 nitrogen and oxygen atoms in total. The summed E-state index contributed by atoms with van der Waals surface area (Å²) in [4.78, 5) is 43.4. The van der Waals surface area contributed by atoms with Crippen LogP contribution >= 0.6 is 0 Å². The number of carbonyl (C=O) groups is 1. The van der Waals surface area contributed by atoms with Crippen LogP contribution in [0.4, 0.5) is 0 Å². The van der Waals surface area contributed by atoms with E-state index < -0.39 is 11.2 Å². The fourth-order valence-electron chi connectivity index (χ4n) is 3.72. The van der Waals surface area contributed by atoms with Gasteiger partial charge in [0.2, 0.25) is 0 Å². The number of fused-ring (bicyclic) bond motifs is 1. The van der Waals surface area contributed by atoms with Crippen molar-refractivity contribution >= 4 is 16.9 Å². The van der Waals surface area contributed by atoms with Crippen molar-refractivity contribution in [2.24, 2.45) is 7.05 Å². The van der Waals surface area contributed by atoms with Crippen LogP contribution in [0.1, 0.15) is 15.9 Å². The molecule has 0 saturated carbocycles. The van der Waals surface area contributed by atoms with Crippen LogP contribution in [0.2, 0.25) is 0 Å². The lowest BCUT2D eigenvalue weighted by Crippen LogP contribution is -2.41. The molecule has 4 rings (SSSR count). The number of carbonyl (C=O) groups excluding carboxylic acids is 1. The first kappa shape index (κ1) is 20.1. The Morgan fingerprint density at radius 3 is 2.57 bits per heavy atom. The Hall–Kier alpha value is -3.17. The first-order valence-electron chi connectivity index (χ1n) is 9.95. The van der Waals surface area contributed by atoms with E-state index in [1.807, 2.05) is 19.1 Å². The second kappa shape index (κ2) is 8.29. The summed E-state index contributed by atoms with van der Waals surface area (Å²) in [7, 11) is 1.69. The Morgan fingerprint density at radius 1 is 1.17 bits per heavy atom. The highest BCUT2D eigenvalue weighted by Gasteiger charge is 2.20. The molecule has 1 saturated heterocycles. The van der Waals surface area contributed by atoms with E-state index in [-0.39, 0.29) is 22.5 Å². The van der Waals surface area contributed by atoms with Crippen molar-refractivity contribution in [2.45, 2.75) is 6.92 Å². The van der Waals surface area contributed by atoms with Crippen LogP contribution in [0.5, 0.6) is 0 Å². The van der Waals surface area contributed by atoms with Crippen molar-refractivity contribution < 1.29 is 9.53 Å². The zero-order valence-corrected chi connectivity index (χ0v) is 17.1. The molecular formula is C21H25N5O4. The Bertz CT molecular complexity index is 1180. The minimum atomic E-state index is -0.579. The molecule has 158 valence electrons. The lowest BCUT2D eigenvalue weighted by atomic mass is 10.2. The molecule has 0 radical (unpaired) electrons. The molecule has 2 N–H and O–H groups in total. The predicted octanol–water partition coefficient (Wildman–Crippen LogP) is 0.388. The zero-order valence-electron chi connectivity index (χ0n) is 17.1. The Kier molecular flexibility index (Phi) is 5.56. The van der Waals surface area contributed by atoms with E-state index >= 15 is 0 Å². The van der Waals surface area contributed by atoms with Gasteiger partial charge in [0.25, 0.3) is 11.5 Å². The molecule has 0 unspecified atom stereocenters. The van der Waals surface area contributed by atoms with E-state index in [1.165, 1.54) is 0 Å². The lowest BCUT2D eigenvalue weighted by Gasteiger charge is -2.26. The molecule has 3 aromatic rings. The molecule has 1 aliphatic rings. The van der Waals surface area contributed by atoms with Gasteiger partial charge in [-0.05, 0) is 19.1 Å². The lowest BCUT2D eigenvalue weighted by molar-refractivity contribution is 0.0383. The third-order valence-electron chi connectivity index (χ3n) is 5.38. The van der Waals surface area contributed by atoms with Gasteiger partial charge >= 0.3 is 5.69 Å². The Labute approximate surface area is 172 Å². The number of hydrogen-bond donors (Lipinski definition) is 2. The number of aromatic nitrogens is 3. The van der Waals surface area contributed by atoms with Gasteiger partial charge in [-0.1, -0.05) is 17.7 Å². The standard InChI is InChI=1S/C21H25N5O4/c1-14-3-5-15(6-4-14)26-20(28)18-17(23-21(26)29)16(13-24(18)2)19(27)22-7-8-25-9-11-30-12-10-25/h3-6,13H,7-12H2,1-2H3,(H,22,27)(H,23,29). The van der Waals surface area contributed by atoms with E-state index in [4.69, 9.17) is 4.74 Å². The Morgan fingerprint density at radius 2 is 1.87 bits per heavy atom. The Balaban J connectivity index is 1.62. The van der Waals surface area contributed by atoms with Gasteiger partial charge in [-0.3, -0.25) is 14.5 Å². The number of ether oxygens (including phenoxy) is 1. The van der Waals surface area contributed by atoms with Crippen LogP contribution in [0.3, 0.4) is 0 Å². The number of nitrogens with zero attached hydrogens (tertiary/aromatic N) is 3. The van der Waals surface area contributed by atoms with Gasteiger partial charge in [0, 0.05) is 39.4 Å². The van der Waals surface area contributed by atoms with Gasteiger partial charge in [-0.25, -0.2) is 9.36 Å². The topological polar surface area (TPSA) is 101 Å². The van der Waals surface area contributed by atoms with Crippen molar-refractivity contribution in [1.82, 2.24) is 24.3 Å². The second-order valence-corrected chi connectivity index (χ2v) is 7.49. The molecule has 1 aliphatic heterocycles. The van der Waals surface area contributed by atoms with Crippen LogP contribution in [0, 0.1) is 6.92 Å². The molecule has 1 fully saturated rings. The van der Waals surface area contributed by atoms with E-state index in [9.17, 15) is 14.4 Å². The molecule has 3 heterocycles. The van der Waals surface area contributed by atoms with Crippen LogP contribution in [0.15, 0.2) is 40.1 Å².